The SMILES string of the molecule is CN1CCN(CCC(=O)N2CCC(=O)C2(C)C)CC1. The standard InChI is InChI=1S/C14H25N3O2/c1-14(2)12(18)4-7-17(14)13(19)5-6-16-10-8-15(3)9-11-16/h4-11H2,1-3H3. The number of hydrogen-bond acceptors (Lipinski definition) is 4. The first-order valence-corrected chi connectivity index (χ1v) is 7.16. The molecule has 0 spiro atoms. The zero-order chi connectivity index (χ0) is 14.0. The van der Waals surface area contributed by atoms with E-state index in [0.717, 1.165) is 32.7 Å². The van der Waals surface area contributed by atoms with Gasteiger partial charge in [-0.15, -0.1) is 0 Å². The Morgan fingerprint density at radius 2 is 1.79 bits per heavy atom. The molecule has 5 nitrogen and oxygen atoms in total. The summed E-state index contributed by atoms with van der Waals surface area (Å²) in [6.07, 6.45) is 1.04. The van der Waals surface area contributed by atoms with Gasteiger partial charge in [0.05, 0.1) is 5.54 Å². The van der Waals surface area contributed by atoms with Crippen molar-refractivity contribution in [2.24, 2.45) is 0 Å². The summed E-state index contributed by atoms with van der Waals surface area (Å²) in [7, 11) is 2.13. The minimum Gasteiger partial charge on any atom is -0.330 e. The summed E-state index contributed by atoms with van der Waals surface area (Å²) in [6, 6.07) is 0. The summed E-state index contributed by atoms with van der Waals surface area (Å²) in [4.78, 5) is 30.4. The predicted octanol–water partition coefficient (Wildman–Crippen LogP) is 0.204. The Labute approximate surface area is 115 Å². The van der Waals surface area contributed by atoms with E-state index in [9.17, 15) is 9.59 Å². The zero-order valence-electron chi connectivity index (χ0n) is 12.3. The second-order valence-corrected chi connectivity index (χ2v) is 6.17. The molecule has 0 aromatic rings. The van der Waals surface area contributed by atoms with Crippen LogP contribution in [0, 0.1) is 0 Å². The zero-order valence-corrected chi connectivity index (χ0v) is 12.3. The van der Waals surface area contributed by atoms with E-state index in [2.05, 4.69) is 16.8 Å². The van der Waals surface area contributed by atoms with Gasteiger partial charge in [0.15, 0.2) is 5.78 Å². The number of Topliss-reactive ketones (excluding diaryl/α,β-unsaturated/α-hetero) is 1. The van der Waals surface area contributed by atoms with Crippen LogP contribution in [0.2, 0.25) is 0 Å². The molecular weight excluding hydrogens is 242 g/mol. The molecule has 2 aliphatic heterocycles. The molecule has 1 amide bonds. The number of amides is 1. The lowest BCUT2D eigenvalue weighted by Crippen LogP contribution is -2.48. The Morgan fingerprint density at radius 3 is 2.32 bits per heavy atom. The van der Waals surface area contributed by atoms with Gasteiger partial charge in [0, 0.05) is 52.1 Å². The summed E-state index contributed by atoms with van der Waals surface area (Å²) in [5.41, 5.74) is -0.598. The quantitative estimate of drug-likeness (QED) is 0.733. The molecule has 0 bridgehead atoms. The third-order valence-corrected chi connectivity index (χ3v) is 4.46. The fourth-order valence-electron chi connectivity index (χ4n) is 2.85. The molecule has 0 saturated carbocycles. The van der Waals surface area contributed by atoms with Crippen LogP contribution in [-0.2, 0) is 9.59 Å². The molecule has 0 aromatic carbocycles. The van der Waals surface area contributed by atoms with Crippen LogP contribution < -0.4 is 0 Å². The Hall–Kier alpha value is -0.940. The van der Waals surface area contributed by atoms with E-state index >= 15 is 0 Å². The number of likely N-dealkylation sites (N-methyl/N-ethyl adjacent to an activating group) is 1. The topological polar surface area (TPSA) is 43.9 Å². The summed E-state index contributed by atoms with van der Waals surface area (Å²) in [5.74, 6) is 0.301. The van der Waals surface area contributed by atoms with E-state index in [0.29, 0.717) is 19.4 Å². The first-order chi connectivity index (χ1) is 8.91. The van der Waals surface area contributed by atoms with Crippen molar-refractivity contribution in [2.75, 3.05) is 46.3 Å². The largest absolute Gasteiger partial charge is 0.330 e. The van der Waals surface area contributed by atoms with Gasteiger partial charge in [0.25, 0.3) is 0 Å². The van der Waals surface area contributed by atoms with Crippen LogP contribution in [-0.4, -0.2) is 78.2 Å². The molecule has 2 heterocycles. The minimum absolute atomic E-state index is 0.120. The van der Waals surface area contributed by atoms with Crippen molar-refractivity contribution >= 4 is 11.7 Å². The lowest BCUT2D eigenvalue weighted by Gasteiger charge is -2.34. The van der Waals surface area contributed by atoms with Crippen molar-refractivity contribution in [3.05, 3.63) is 0 Å². The average Bonchev–Trinajstić information content (AvgIpc) is 2.63. The lowest BCUT2D eigenvalue weighted by atomic mass is 10.0. The van der Waals surface area contributed by atoms with Crippen LogP contribution in [0.15, 0.2) is 0 Å². The Bertz CT molecular complexity index is 360. The van der Waals surface area contributed by atoms with E-state index in [1.165, 1.54) is 0 Å². The first-order valence-electron chi connectivity index (χ1n) is 7.16. The van der Waals surface area contributed by atoms with Crippen LogP contribution in [0.25, 0.3) is 0 Å². The average molecular weight is 267 g/mol. The molecule has 5 heteroatoms. The summed E-state index contributed by atoms with van der Waals surface area (Å²) in [6.45, 7) is 9.33. The maximum Gasteiger partial charge on any atom is 0.224 e. The number of carbonyl (C=O) groups is 2. The highest BCUT2D eigenvalue weighted by Gasteiger charge is 2.42. The van der Waals surface area contributed by atoms with Crippen molar-refractivity contribution in [1.29, 1.82) is 0 Å². The molecule has 2 saturated heterocycles. The molecule has 0 atom stereocenters. The van der Waals surface area contributed by atoms with Gasteiger partial charge in [-0.25, -0.2) is 0 Å². The van der Waals surface area contributed by atoms with Gasteiger partial charge in [-0.1, -0.05) is 0 Å². The molecule has 0 aromatic heterocycles. The number of nitrogens with zero attached hydrogens (tertiary/aromatic N) is 3. The van der Waals surface area contributed by atoms with E-state index in [1.54, 1.807) is 4.90 Å². The van der Waals surface area contributed by atoms with Crippen LogP contribution in [0.1, 0.15) is 26.7 Å². The molecule has 0 N–H and O–H groups in total. The molecule has 0 aliphatic carbocycles. The first kappa shape index (κ1) is 14.5. The number of carbonyl (C=O) groups excluding carboxylic acids is 2. The van der Waals surface area contributed by atoms with E-state index in [-0.39, 0.29) is 11.7 Å². The molecule has 19 heavy (non-hydrogen) atoms. The molecule has 0 radical (unpaired) electrons. The Balaban J connectivity index is 1.80. The molecule has 108 valence electrons. The second kappa shape index (κ2) is 5.59. The van der Waals surface area contributed by atoms with Gasteiger partial charge in [0.1, 0.15) is 0 Å². The van der Waals surface area contributed by atoms with Gasteiger partial charge in [-0.05, 0) is 20.9 Å². The van der Waals surface area contributed by atoms with Crippen LogP contribution in [0.4, 0.5) is 0 Å². The van der Waals surface area contributed by atoms with E-state index < -0.39 is 5.54 Å². The molecular formula is C14H25N3O2. The highest BCUT2D eigenvalue weighted by atomic mass is 16.2. The van der Waals surface area contributed by atoms with Crippen molar-refractivity contribution in [1.82, 2.24) is 14.7 Å². The summed E-state index contributed by atoms with van der Waals surface area (Å²) in [5, 5.41) is 0. The number of ketones is 1. The van der Waals surface area contributed by atoms with Crippen LogP contribution in [0.3, 0.4) is 0 Å². The maximum atomic E-state index is 12.3. The predicted molar refractivity (Wildman–Crippen MR) is 74.0 cm³/mol. The lowest BCUT2D eigenvalue weighted by molar-refractivity contribution is -0.139. The Morgan fingerprint density at radius 1 is 1.16 bits per heavy atom. The number of rotatable bonds is 3. The molecule has 0 unspecified atom stereocenters. The van der Waals surface area contributed by atoms with Crippen molar-refractivity contribution in [2.45, 2.75) is 32.2 Å². The number of piperazine rings is 1. The van der Waals surface area contributed by atoms with E-state index in [4.69, 9.17) is 0 Å². The molecule has 2 rings (SSSR count). The highest BCUT2D eigenvalue weighted by Crippen LogP contribution is 2.25. The molecule has 2 aliphatic rings. The number of hydrogen-bond donors (Lipinski definition) is 0. The normalized spacial score (nSPS) is 25.0. The molecule has 2 fully saturated rings. The summed E-state index contributed by atoms with van der Waals surface area (Å²) < 4.78 is 0. The third kappa shape index (κ3) is 3.15. The monoisotopic (exact) mass is 267 g/mol. The Kier molecular flexibility index (Phi) is 4.26. The second-order valence-electron chi connectivity index (χ2n) is 6.17. The third-order valence-electron chi connectivity index (χ3n) is 4.46. The fourth-order valence-corrected chi connectivity index (χ4v) is 2.85. The van der Waals surface area contributed by atoms with Gasteiger partial charge < -0.3 is 14.7 Å². The van der Waals surface area contributed by atoms with Gasteiger partial charge in [-0.3, -0.25) is 9.59 Å². The smallest absolute Gasteiger partial charge is 0.224 e. The fraction of sp³-hybridized carbons (Fsp3) is 0.857. The summed E-state index contributed by atoms with van der Waals surface area (Å²) >= 11 is 0. The highest BCUT2D eigenvalue weighted by molar-refractivity contribution is 5.95. The van der Waals surface area contributed by atoms with Crippen LogP contribution in [0.5, 0.6) is 0 Å². The van der Waals surface area contributed by atoms with Crippen molar-refractivity contribution in [3.8, 4) is 0 Å². The van der Waals surface area contributed by atoms with Crippen LogP contribution >= 0.6 is 0 Å². The van der Waals surface area contributed by atoms with E-state index in [1.807, 2.05) is 13.8 Å². The van der Waals surface area contributed by atoms with Gasteiger partial charge >= 0.3 is 0 Å². The number of likely N-dealkylation sites (tertiary alicyclic amines) is 1. The van der Waals surface area contributed by atoms with Gasteiger partial charge in [-0.2, -0.15) is 0 Å². The van der Waals surface area contributed by atoms with Crippen molar-refractivity contribution in [3.63, 3.8) is 0 Å². The maximum absolute atomic E-state index is 12.3. The van der Waals surface area contributed by atoms with Crippen molar-refractivity contribution < 1.29 is 9.59 Å². The van der Waals surface area contributed by atoms with Gasteiger partial charge in [0.2, 0.25) is 5.91 Å². The minimum atomic E-state index is -0.598.